The summed E-state index contributed by atoms with van der Waals surface area (Å²) in [7, 11) is 0. The third-order valence-electron chi connectivity index (χ3n) is 6.52. The Kier molecular flexibility index (Phi) is 5.51. The van der Waals surface area contributed by atoms with E-state index < -0.39 is 0 Å². The maximum Gasteiger partial charge on any atom is 0.272 e. The fraction of sp³-hybridized carbons (Fsp3) is 0.636. The molecule has 1 aromatic rings. The smallest absolute Gasteiger partial charge is 0.272 e. The van der Waals surface area contributed by atoms with Crippen molar-refractivity contribution in [1.82, 2.24) is 15.4 Å². The summed E-state index contributed by atoms with van der Waals surface area (Å²) < 4.78 is 0. The number of carbonyl (C=O) groups excluding carboxylic acids is 1. The quantitative estimate of drug-likeness (QED) is 0.792. The number of anilines is 1. The van der Waals surface area contributed by atoms with Gasteiger partial charge in [-0.05, 0) is 42.4 Å². The van der Waals surface area contributed by atoms with Crippen LogP contribution in [0.3, 0.4) is 0 Å². The SMILES string of the molecule is CC(C)(C)C1CCCCC12C=C(C(=O)N1CCN(c3ncccc3Cl)CC1)NO2. The molecule has 0 bridgehead atoms. The topological polar surface area (TPSA) is 57.7 Å². The van der Waals surface area contributed by atoms with Crippen LogP contribution in [0.15, 0.2) is 30.1 Å². The largest absolute Gasteiger partial charge is 0.352 e. The van der Waals surface area contributed by atoms with Gasteiger partial charge in [0.05, 0.1) is 5.02 Å². The zero-order valence-electron chi connectivity index (χ0n) is 17.6. The zero-order valence-corrected chi connectivity index (χ0v) is 18.3. The van der Waals surface area contributed by atoms with Crippen LogP contribution in [0.25, 0.3) is 0 Å². The van der Waals surface area contributed by atoms with Crippen LogP contribution in [0.2, 0.25) is 5.02 Å². The Balaban J connectivity index is 1.44. The zero-order chi connectivity index (χ0) is 20.6. The van der Waals surface area contributed by atoms with Gasteiger partial charge in [-0.3, -0.25) is 15.1 Å². The Morgan fingerprint density at radius 3 is 2.72 bits per heavy atom. The number of nitrogens with zero attached hydrogens (tertiary/aromatic N) is 3. The average molecular weight is 419 g/mol. The minimum absolute atomic E-state index is 0.0203. The normalized spacial score (nSPS) is 27.7. The van der Waals surface area contributed by atoms with E-state index in [0.29, 0.717) is 42.8 Å². The summed E-state index contributed by atoms with van der Waals surface area (Å²) in [5.41, 5.74) is 3.34. The molecule has 1 N–H and O–H groups in total. The van der Waals surface area contributed by atoms with Crippen LogP contribution in [0.1, 0.15) is 46.5 Å². The van der Waals surface area contributed by atoms with E-state index in [1.807, 2.05) is 17.0 Å². The van der Waals surface area contributed by atoms with E-state index in [1.165, 1.54) is 6.42 Å². The van der Waals surface area contributed by atoms with Gasteiger partial charge in [0.15, 0.2) is 0 Å². The van der Waals surface area contributed by atoms with Crippen molar-refractivity contribution in [2.75, 3.05) is 31.1 Å². The molecule has 2 aliphatic heterocycles. The highest BCUT2D eigenvalue weighted by Gasteiger charge is 2.50. The predicted molar refractivity (Wildman–Crippen MR) is 114 cm³/mol. The maximum absolute atomic E-state index is 13.1. The summed E-state index contributed by atoms with van der Waals surface area (Å²) in [6, 6.07) is 3.68. The van der Waals surface area contributed by atoms with Crippen LogP contribution < -0.4 is 10.4 Å². The molecule has 6 nitrogen and oxygen atoms in total. The van der Waals surface area contributed by atoms with Crippen molar-refractivity contribution in [3.8, 4) is 0 Å². The third kappa shape index (κ3) is 3.97. The summed E-state index contributed by atoms with van der Waals surface area (Å²) in [6.45, 7) is 9.51. The Labute approximate surface area is 178 Å². The van der Waals surface area contributed by atoms with Crippen molar-refractivity contribution < 1.29 is 9.63 Å². The number of hydroxylamine groups is 1. The van der Waals surface area contributed by atoms with Crippen LogP contribution in [0, 0.1) is 11.3 Å². The first-order valence-corrected chi connectivity index (χ1v) is 11.0. The fourth-order valence-electron chi connectivity index (χ4n) is 5.09. The van der Waals surface area contributed by atoms with E-state index in [4.69, 9.17) is 16.4 Å². The lowest BCUT2D eigenvalue weighted by Crippen LogP contribution is -2.50. The average Bonchev–Trinajstić information content (AvgIpc) is 3.11. The Bertz CT molecular complexity index is 798. The molecule has 2 fully saturated rings. The lowest BCUT2D eigenvalue weighted by Gasteiger charge is -2.45. The second kappa shape index (κ2) is 7.80. The second-order valence-corrected chi connectivity index (χ2v) is 9.88. The van der Waals surface area contributed by atoms with Gasteiger partial charge >= 0.3 is 0 Å². The van der Waals surface area contributed by atoms with Crippen LogP contribution in [0.4, 0.5) is 5.82 Å². The molecule has 2 unspecified atom stereocenters. The molecule has 0 radical (unpaired) electrons. The number of nitrogens with one attached hydrogen (secondary N) is 1. The summed E-state index contributed by atoms with van der Waals surface area (Å²) in [5, 5.41) is 0.647. The standard InChI is InChI=1S/C22H31ClN4O2/c1-21(2,3)18-8-4-5-9-22(18)15-17(25-29-22)20(28)27-13-11-26(12-14-27)19-16(23)7-6-10-24-19/h6-7,10,15,18,25H,4-5,8-9,11-14H2,1-3H3. The summed E-state index contributed by atoms with van der Waals surface area (Å²) in [5.74, 6) is 1.20. The van der Waals surface area contributed by atoms with E-state index >= 15 is 0 Å². The number of rotatable bonds is 2. The molecule has 1 saturated heterocycles. The Morgan fingerprint density at radius 1 is 1.28 bits per heavy atom. The molecule has 1 saturated carbocycles. The van der Waals surface area contributed by atoms with Crippen molar-refractivity contribution >= 4 is 23.3 Å². The van der Waals surface area contributed by atoms with Crippen LogP contribution in [-0.2, 0) is 9.63 Å². The fourth-order valence-corrected chi connectivity index (χ4v) is 5.33. The molecular weight excluding hydrogens is 388 g/mol. The Morgan fingerprint density at radius 2 is 2.03 bits per heavy atom. The van der Waals surface area contributed by atoms with Gasteiger partial charge in [0, 0.05) is 32.4 Å². The minimum atomic E-state index is -0.370. The molecule has 158 valence electrons. The molecule has 1 amide bonds. The molecule has 7 heteroatoms. The molecule has 1 aliphatic carbocycles. The molecule has 2 atom stereocenters. The van der Waals surface area contributed by atoms with E-state index in [1.54, 1.807) is 6.20 Å². The number of amides is 1. The van der Waals surface area contributed by atoms with E-state index in [0.717, 1.165) is 25.1 Å². The first-order valence-electron chi connectivity index (χ1n) is 10.6. The Hall–Kier alpha value is -1.79. The van der Waals surface area contributed by atoms with Gasteiger partial charge in [-0.25, -0.2) is 4.98 Å². The lowest BCUT2D eigenvalue weighted by molar-refractivity contribution is -0.135. The van der Waals surface area contributed by atoms with Gasteiger partial charge in [0.2, 0.25) is 0 Å². The molecular formula is C22H31ClN4O2. The van der Waals surface area contributed by atoms with Crippen LogP contribution >= 0.6 is 11.6 Å². The van der Waals surface area contributed by atoms with Crippen molar-refractivity contribution in [3.05, 3.63) is 35.1 Å². The van der Waals surface area contributed by atoms with Crippen molar-refractivity contribution in [3.63, 3.8) is 0 Å². The molecule has 3 heterocycles. The highest BCUT2D eigenvalue weighted by atomic mass is 35.5. The first-order chi connectivity index (χ1) is 13.8. The van der Waals surface area contributed by atoms with Crippen molar-refractivity contribution in [2.45, 2.75) is 52.1 Å². The number of aromatic nitrogens is 1. The molecule has 4 rings (SSSR count). The van der Waals surface area contributed by atoms with Gasteiger partial charge in [-0.15, -0.1) is 0 Å². The number of hydrogen-bond acceptors (Lipinski definition) is 5. The minimum Gasteiger partial charge on any atom is -0.352 e. The van der Waals surface area contributed by atoms with Crippen LogP contribution in [-0.4, -0.2) is 47.6 Å². The summed E-state index contributed by atoms with van der Waals surface area (Å²) in [4.78, 5) is 27.7. The number of pyridine rings is 1. The predicted octanol–water partition coefficient (Wildman–Crippen LogP) is 3.78. The monoisotopic (exact) mass is 418 g/mol. The highest BCUT2D eigenvalue weighted by Crippen LogP contribution is 2.48. The molecule has 0 aromatic carbocycles. The number of piperazine rings is 1. The van der Waals surface area contributed by atoms with E-state index in [2.05, 4.69) is 42.2 Å². The first kappa shape index (κ1) is 20.5. The number of carbonyl (C=O) groups is 1. The van der Waals surface area contributed by atoms with Crippen molar-refractivity contribution in [1.29, 1.82) is 0 Å². The van der Waals surface area contributed by atoms with Gasteiger partial charge in [-0.1, -0.05) is 45.2 Å². The maximum atomic E-state index is 13.1. The summed E-state index contributed by atoms with van der Waals surface area (Å²) in [6.07, 6.45) is 8.28. The van der Waals surface area contributed by atoms with E-state index in [-0.39, 0.29) is 16.9 Å². The van der Waals surface area contributed by atoms with Crippen molar-refractivity contribution in [2.24, 2.45) is 11.3 Å². The summed E-state index contributed by atoms with van der Waals surface area (Å²) >= 11 is 6.27. The highest BCUT2D eigenvalue weighted by molar-refractivity contribution is 6.32. The molecule has 1 spiro atoms. The number of hydrogen-bond donors (Lipinski definition) is 1. The second-order valence-electron chi connectivity index (χ2n) is 9.47. The van der Waals surface area contributed by atoms with E-state index in [9.17, 15) is 4.79 Å². The molecule has 29 heavy (non-hydrogen) atoms. The van der Waals surface area contributed by atoms with Gasteiger partial charge in [0.25, 0.3) is 5.91 Å². The molecule has 1 aromatic heterocycles. The van der Waals surface area contributed by atoms with Gasteiger partial charge in [0.1, 0.15) is 17.1 Å². The van der Waals surface area contributed by atoms with Gasteiger partial charge in [-0.2, -0.15) is 0 Å². The molecule has 3 aliphatic rings. The van der Waals surface area contributed by atoms with Crippen LogP contribution in [0.5, 0.6) is 0 Å². The van der Waals surface area contributed by atoms with Gasteiger partial charge < -0.3 is 9.80 Å². The number of halogens is 1. The lowest BCUT2D eigenvalue weighted by atomic mass is 9.64. The third-order valence-corrected chi connectivity index (χ3v) is 6.82.